The molecule has 1 fully saturated rings. The highest BCUT2D eigenvalue weighted by Gasteiger charge is 2.26. The number of hydrogen-bond donors (Lipinski definition) is 2. The van der Waals surface area contributed by atoms with E-state index in [0.717, 1.165) is 26.3 Å². The van der Waals surface area contributed by atoms with E-state index >= 15 is 0 Å². The van der Waals surface area contributed by atoms with E-state index in [9.17, 15) is 0 Å². The second-order valence-corrected chi connectivity index (χ2v) is 4.72. The van der Waals surface area contributed by atoms with Crippen molar-refractivity contribution in [3.05, 3.63) is 24.0 Å². The highest BCUT2D eigenvalue weighted by molar-refractivity contribution is 5.03. The third kappa shape index (κ3) is 3.08. The average molecular weight is 208 g/mol. The Balaban J connectivity index is 1.72. The first kappa shape index (κ1) is 10.7. The third-order valence-corrected chi connectivity index (χ3v) is 3.23. The van der Waals surface area contributed by atoms with Crippen LogP contribution in [0.5, 0.6) is 0 Å². The Bertz CT molecular complexity index is 276. The second-order valence-electron chi connectivity index (χ2n) is 4.72. The number of aromatic amines is 1. The van der Waals surface area contributed by atoms with Crippen molar-refractivity contribution in [3.8, 4) is 0 Å². The molecule has 0 spiro atoms. The van der Waals surface area contributed by atoms with Gasteiger partial charge in [-0.3, -0.25) is 0 Å². The van der Waals surface area contributed by atoms with Gasteiger partial charge in [-0.1, -0.05) is 6.92 Å². The van der Waals surface area contributed by atoms with Gasteiger partial charge in [0.25, 0.3) is 0 Å². The molecule has 2 N–H and O–H groups in total. The Kier molecular flexibility index (Phi) is 3.44. The van der Waals surface area contributed by atoms with Crippen LogP contribution in [0.25, 0.3) is 0 Å². The zero-order valence-electron chi connectivity index (χ0n) is 9.38. The summed E-state index contributed by atoms with van der Waals surface area (Å²) in [4.78, 5) is 3.20. The van der Waals surface area contributed by atoms with E-state index < -0.39 is 0 Å². The molecule has 3 nitrogen and oxygen atoms in total. The third-order valence-electron chi connectivity index (χ3n) is 3.23. The van der Waals surface area contributed by atoms with Crippen molar-refractivity contribution in [1.82, 2.24) is 10.3 Å². The lowest BCUT2D eigenvalue weighted by molar-refractivity contribution is 0.0240. The van der Waals surface area contributed by atoms with Gasteiger partial charge in [0.2, 0.25) is 0 Å². The minimum atomic E-state index is 0.421. The van der Waals surface area contributed by atoms with Gasteiger partial charge in [0.15, 0.2) is 0 Å². The summed E-state index contributed by atoms with van der Waals surface area (Å²) in [5, 5.41) is 3.51. The molecular formula is C12H20N2O. The van der Waals surface area contributed by atoms with Crippen LogP contribution in [0.1, 0.15) is 25.5 Å². The van der Waals surface area contributed by atoms with E-state index in [0.29, 0.717) is 5.41 Å². The van der Waals surface area contributed by atoms with Gasteiger partial charge in [-0.25, -0.2) is 0 Å². The maximum Gasteiger partial charge on any atom is 0.0471 e. The smallest absolute Gasteiger partial charge is 0.0471 e. The fraction of sp³-hybridized carbons (Fsp3) is 0.667. The Morgan fingerprint density at radius 2 is 2.27 bits per heavy atom. The van der Waals surface area contributed by atoms with Crippen LogP contribution in [0.15, 0.2) is 18.3 Å². The van der Waals surface area contributed by atoms with Crippen LogP contribution in [-0.2, 0) is 11.3 Å². The number of rotatable bonds is 4. The molecule has 15 heavy (non-hydrogen) atoms. The van der Waals surface area contributed by atoms with Crippen LogP contribution in [0.2, 0.25) is 0 Å². The summed E-state index contributed by atoms with van der Waals surface area (Å²) in [5.74, 6) is 0. The predicted octanol–water partition coefficient (Wildman–Crippen LogP) is 1.92. The molecule has 0 amide bonds. The van der Waals surface area contributed by atoms with Gasteiger partial charge >= 0.3 is 0 Å². The Morgan fingerprint density at radius 1 is 1.47 bits per heavy atom. The van der Waals surface area contributed by atoms with Crippen molar-refractivity contribution >= 4 is 0 Å². The summed E-state index contributed by atoms with van der Waals surface area (Å²) in [5.41, 5.74) is 1.68. The van der Waals surface area contributed by atoms with Gasteiger partial charge in [0.1, 0.15) is 0 Å². The number of H-pyrrole nitrogens is 1. The highest BCUT2D eigenvalue weighted by Crippen LogP contribution is 2.28. The van der Waals surface area contributed by atoms with E-state index in [1.54, 1.807) is 0 Å². The van der Waals surface area contributed by atoms with Crippen LogP contribution >= 0.6 is 0 Å². The molecular weight excluding hydrogens is 188 g/mol. The molecule has 3 heteroatoms. The van der Waals surface area contributed by atoms with Crippen molar-refractivity contribution < 1.29 is 4.74 Å². The van der Waals surface area contributed by atoms with E-state index in [1.165, 1.54) is 18.5 Å². The SMILES string of the molecule is CC1(CNCc2ccc[nH]2)CCOCC1. The molecule has 0 unspecified atom stereocenters. The fourth-order valence-corrected chi connectivity index (χ4v) is 2.02. The number of aromatic nitrogens is 1. The molecule has 1 aromatic heterocycles. The minimum absolute atomic E-state index is 0.421. The average Bonchev–Trinajstić information content (AvgIpc) is 2.71. The van der Waals surface area contributed by atoms with E-state index in [1.807, 2.05) is 12.3 Å². The Morgan fingerprint density at radius 3 is 2.93 bits per heavy atom. The maximum absolute atomic E-state index is 5.38. The molecule has 0 bridgehead atoms. The Labute approximate surface area is 91.2 Å². The van der Waals surface area contributed by atoms with Gasteiger partial charge in [0.05, 0.1) is 0 Å². The molecule has 84 valence electrons. The summed E-state index contributed by atoms with van der Waals surface area (Å²) in [6.45, 7) is 6.19. The first-order chi connectivity index (χ1) is 7.29. The molecule has 0 atom stereocenters. The van der Waals surface area contributed by atoms with Crippen molar-refractivity contribution in [1.29, 1.82) is 0 Å². The summed E-state index contributed by atoms with van der Waals surface area (Å²) in [7, 11) is 0. The van der Waals surface area contributed by atoms with E-state index in [4.69, 9.17) is 4.74 Å². The zero-order chi connectivity index (χ0) is 10.6. The van der Waals surface area contributed by atoms with Gasteiger partial charge in [-0.15, -0.1) is 0 Å². The predicted molar refractivity (Wildman–Crippen MR) is 60.7 cm³/mol. The van der Waals surface area contributed by atoms with Crippen molar-refractivity contribution in [2.75, 3.05) is 19.8 Å². The molecule has 0 saturated carbocycles. The second kappa shape index (κ2) is 4.81. The maximum atomic E-state index is 5.38. The van der Waals surface area contributed by atoms with Crippen LogP contribution in [0, 0.1) is 5.41 Å². The first-order valence-corrected chi connectivity index (χ1v) is 5.69. The molecule has 2 rings (SSSR count). The quantitative estimate of drug-likeness (QED) is 0.793. The van der Waals surface area contributed by atoms with Crippen LogP contribution in [-0.4, -0.2) is 24.7 Å². The molecule has 0 radical (unpaired) electrons. The lowest BCUT2D eigenvalue weighted by atomic mass is 9.82. The van der Waals surface area contributed by atoms with Gasteiger partial charge in [0, 0.05) is 38.2 Å². The molecule has 2 heterocycles. The summed E-state index contributed by atoms with van der Waals surface area (Å²) in [6, 6.07) is 4.15. The topological polar surface area (TPSA) is 37.0 Å². The van der Waals surface area contributed by atoms with Crippen molar-refractivity contribution in [2.45, 2.75) is 26.3 Å². The number of nitrogens with one attached hydrogen (secondary N) is 2. The summed E-state index contributed by atoms with van der Waals surface area (Å²) < 4.78 is 5.38. The summed E-state index contributed by atoms with van der Waals surface area (Å²) in [6.07, 6.45) is 4.31. The number of ether oxygens (including phenoxy) is 1. The molecule has 0 aliphatic carbocycles. The van der Waals surface area contributed by atoms with Gasteiger partial charge in [-0.2, -0.15) is 0 Å². The fourth-order valence-electron chi connectivity index (χ4n) is 2.02. The van der Waals surface area contributed by atoms with E-state index in [2.05, 4.69) is 23.3 Å². The van der Waals surface area contributed by atoms with E-state index in [-0.39, 0.29) is 0 Å². The standard InChI is InChI=1S/C12H20N2O/c1-12(4-7-15-8-5-12)10-13-9-11-3-2-6-14-11/h2-3,6,13-14H,4-5,7-10H2,1H3. The largest absolute Gasteiger partial charge is 0.381 e. The molecule has 1 saturated heterocycles. The van der Waals surface area contributed by atoms with Crippen LogP contribution in [0.3, 0.4) is 0 Å². The molecule has 0 aromatic carbocycles. The lowest BCUT2D eigenvalue weighted by Gasteiger charge is -2.33. The minimum Gasteiger partial charge on any atom is -0.381 e. The molecule has 1 aliphatic rings. The normalized spacial score (nSPS) is 20.3. The molecule has 1 aromatic rings. The van der Waals surface area contributed by atoms with Crippen molar-refractivity contribution in [2.24, 2.45) is 5.41 Å². The Hall–Kier alpha value is -0.800. The van der Waals surface area contributed by atoms with Crippen LogP contribution in [0.4, 0.5) is 0 Å². The monoisotopic (exact) mass is 208 g/mol. The van der Waals surface area contributed by atoms with Crippen LogP contribution < -0.4 is 5.32 Å². The van der Waals surface area contributed by atoms with Gasteiger partial charge in [-0.05, 0) is 30.4 Å². The first-order valence-electron chi connectivity index (χ1n) is 5.69. The zero-order valence-corrected chi connectivity index (χ0v) is 9.38. The van der Waals surface area contributed by atoms with Crippen molar-refractivity contribution in [3.63, 3.8) is 0 Å². The molecule has 1 aliphatic heterocycles. The van der Waals surface area contributed by atoms with Gasteiger partial charge < -0.3 is 15.0 Å². The lowest BCUT2D eigenvalue weighted by Crippen LogP contribution is -2.36. The highest BCUT2D eigenvalue weighted by atomic mass is 16.5. The summed E-state index contributed by atoms with van der Waals surface area (Å²) >= 11 is 0. The number of hydrogen-bond acceptors (Lipinski definition) is 2.